The average molecular weight is 437 g/mol. The molecule has 1 aliphatic heterocycles. The van der Waals surface area contributed by atoms with Crippen LogP contribution in [0.25, 0.3) is 10.8 Å². The number of benzene rings is 2. The van der Waals surface area contributed by atoms with E-state index < -0.39 is 5.97 Å². The number of hydrogen-bond acceptors (Lipinski definition) is 6. The second-order valence-electron chi connectivity index (χ2n) is 7.42. The molecule has 160 valence electrons. The summed E-state index contributed by atoms with van der Waals surface area (Å²) in [6.45, 7) is 1.60. The highest BCUT2D eigenvalue weighted by Gasteiger charge is 2.24. The van der Waals surface area contributed by atoms with Crippen molar-refractivity contribution in [2.24, 2.45) is 0 Å². The maximum atomic E-state index is 12.7. The number of anilines is 2. The van der Waals surface area contributed by atoms with E-state index in [9.17, 15) is 9.59 Å². The number of rotatable bonds is 4. The molecule has 0 unspecified atom stereocenters. The summed E-state index contributed by atoms with van der Waals surface area (Å²) in [5.74, 6) is 0.525. The van der Waals surface area contributed by atoms with Crippen LogP contribution >= 0.6 is 12.8 Å². The maximum absolute atomic E-state index is 12.7. The van der Waals surface area contributed by atoms with E-state index in [0.717, 1.165) is 37.1 Å². The Hall–Kier alpha value is -3.26. The smallest absolute Gasteiger partial charge is 0.337 e. The number of piperidine rings is 1. The first kappa shape index (κ1) is 21.0. The first-order valence-corrected chi connectivity index (χ1v) is 10.5. The molecule has 8 heteroatoms. The van der Waals surface area contributed by atoms with Crippen molar-refractivity contribution in [1.82, 2.24) is 10.3 Å². The number of aromatic nitrogens is 1. The van der Waals surface area contributed by atoms with Crippen LogP contribution in [-0.4, -0.2) is 43.2 Å². The number of pyridine rings is 1. The molecule has 0 radical (unpaired) electrons. The Bertz CT molecular complexity index is 1090. The van der Waals surface area contributed by atoms with E-state index in [-0.39, 0.29) is 12.1 Å². The number of esters is 1. The molecule has 0 spiro atoms. The summed E-state index contributed by atoms with van der Waals surface area (Å²) >= 11 is 4.32. The number of carbonyl (C=O) groups is 2. The molecule has 7 nitrogen and oxygen atoms in total. The SMILES string of the molecule is COC(=O)c1cccc(N(S)C(=O)NC2CCN(c3nccc4ccccc34)CC2)c1. The van der Waals surface area contributed by atoms with Crippen molar-refractivity contribution in [3.63, 3.8) is 0 Å². The van der Waals surface area contributed by atoms with Gasteiger partial charge < -0.3 is 15.0 Å². The molecule has 31 heavy (non-hydrogen) atoms. The Balaban J connectivity index is 1.37. The molecule has 0 atom stereocenters. The molecule has 2 heterocycles. The molecule has 3 aromatic rings. The molecule has 1 fully saturated rings. The number of urea groups is 1. The number of methoxy groups -OCH3 is 1. The first-order chi connectivity index (χ1) is 15.1. The van der Waals surface area contributed by atoms with E-state index in [1.165, 1.54) is 16.8 Å². The van der Waals surface area contributed by atoms with Gasteiger partial charge in [0.25, 0.3) is 0 Å². The number of carbonyl (C=O) groups excluding carboxylic acids is 2. The van der Waals surface area contributed by atoms with E-state index >= 15 is 0 Å². The van der Waals surface area contributed by atoms with E-state index in [2.05, 4.69) is 40.1 Å². The molecular weight excluding hydrogens is 412 g/mol. The minimum Gasteiger partial charge on any atom is -0.465 e. The fourth-order valence-electron chi connectivity index (χ4n) is 3.83. The van der Waals surface area contributed by atoms with Crippen LogP contribution in [0.3, 0.4) is 0 Å². The van der Waals surface area contributed by atoms with Gasteiger partial charge in [-0.1, -0.05) is 43.1 Å². The van der Waals surface area contributed by atoms with Crippen molar-refractivity contribution in [2.75, 3.05) is 29.4 Å². The highest BCUT2D eigenvalue weighted by Crippen LogP contribution is 2.27. The van der Waals surface area contributed by atoms with Crippen LogP contribution in [0.5, 0.6) is 0 Å². The molecule has 1 aliphatic rings. The minimum atomic E-state index is -0.460. The third-order valence-corrected chi connectivity index (χ3v) is 5.89. The molecule has 2 aromatic carbocycles. The summed E-state index contributed by atoms with van der Waals surface area (Å²) < 4.78 is 5.95. The first-order valence-electron chi connectivity index (χ1n) is 10.1. The van der Waals surface area contributed by atoms with Crippen LogP contribution in [0.2, 0.25) is 0 Å². The van der Waals surface area contributed by atoms with Crippen LogP contribution in [0.1, 0.15) is 23.2 Å². The van der Waals surface area contributed by atoms with Gasteiger partial charge >= 0.3 is 12.0 Å². The Kier molecular flexibility index (Phi) is 6.27. The van der Waals surface area contributed by atoms with E-state index in [1.807, 2.05) is 24.4 Å². The molecule has 0 bridgehead atoms. The van der Waals surface area contributed by atoms with Gasteiger partial charge in [0.1, 0.15) is 5.82 Å². The molecule has 0 aliphatic carbocycles. The quantitative estimate of drug-likeness (QED) is 0.477. The molecule has 1 saturated heterocycles. The van der Waals surface area contributed by atoms with Crippen molar-refractivity contribution < 1.29 is 14.3 Å². The van der Waals surface area contributed by atoms with Gasteiger partial charge in [-0.3, -0.25) is 0 Å². The van der Waals surface area contributed by atoms with Crippen molar-refractivity contribution in [3.8, 4) is 0 Å². The Morgan fingerprint density at radius 2 is 1.90 bits per heavy atom. The lowest BCUT2D eigenvalue weighted by atomic mass is 10.0. The van der Waals surface area contributed by atoms with Crippen LogP contribution in [0.15, 0.2) is 60.8 Å². The fraction of sp³-hybridized carbons (Fsp3) is 0.261. The number of amides is 2. The summed E-state index contributed by atoms with van der Waals surface area (Å²) in [6.07, 6.45) is 3.45. The standard InChI is InChI=1S/C23H24N4O3S/c1-30-22(28)17-6-4-7-19(15-17)27(31)23(29)25-18-10-13-26(14-11-18)21-20-8-3-2-5-16(20)9-12-24-21/h2-9,12,15,18,31H,10-11,13-14H2,1H3,(H,25,29). The molecule has 2 amide bonds. The Morgan fingerprint density at radius 1 is 1.13 bits per heavy atom. The number of ether oxygens (including phenoxy) is 1. The number of hydrogen-bond donors (Lipinski definition) is 2. The molecule has 1 N–H and O–H groups in total. The van der Waals surface area contributed by atoms with Crippen molar-refractivity contribution in [3.05, 3.63) is 66.4 Å². The van der Waals surface area contributed by atoms with E-state index in [4.69, 9.17) is 4.74 Å². The Morgan fingerprint density at radius 3 is 2.68 bits per heavy atom. The summed E-state index contributed by atoms with van der Waals surface area (Å²) in [4.78, 5) is 31.3. The molecule has 0 saturated carbocycles. The van der Waals surface area contributed by atoms with Crippen LogP contribution in [0.4, 0.5) is 16.3 Å². The predicted octanol–water partition coefficient (Wildman–Crippen LogP) is 4.05. The highest BCUT2D eigenvalue weighted by molar-refractivity contribution is 7.82. The number of thiol groups is 1. The van der Waals surface area contributed by atoms with Crippen LogP contribution in [-0.2, 0) is 4.74 Å². The highest BCUT2D eigenvalue weighted by atomic mass is 32.1. The normalized spacial score (nSPS) is 14.3. The van der Waals surface area contributed by atoms with Gasteiger partial charge in [-0.05, 0) is 42.5 Å². The van der Waals surface area contributed by atoms with Gasteiger partial charge in [-0.2, -0.15) is 0 Å². The van der Waals surface area contributed by atoms with E-state index in [1.54, 1.807) is 24.3 Å². The fourth-order valence-corrected chi connectivity index (χ4v) is 4.01. The van der Waals surface area contributed by atoms with Gasteiger partial charge in [-0.15, -0.1) is 0 Å². The number of nitrogens with zero attached hydrogens (tertiary/aromatic N) is 3. The zero-order chi connectivity index (χ0) is 21.8. The van der Waals surface area contributed by atoms with Crippen molar-refractivity contribution >= 4 is 47.1 Å². The van der Waals surface area contributed by atoms with Gasteiger partial charge in [-0.25, -0.2) is 18.9 Å². The maximum Gasteiger partial charge on any atom is 0.337 e. The summed E-state index contributed by atoms with van der Waals surface area (Å²) in [5, 5.41) is 5.34. The van der Waals surface area contributed by atoms with Gasteiger partial charge in [0.2, 0.25) is 0 Å². The average Bonchev–Trinajstić information content (AvgIpc) is 2.83. The van der Waals surface area contributed by atoms with Gasteiger partial charge in [0, 0.05) is 30.7 Å². The van der Waals surface area contributed by atoms with Crippen LogP contribution in [0, 0.1) is 0 Å². The second-order valence-corrected chi connectivity index (χ2v) is 7.82. The summed E-state index contributed by atoms with van der Waals surface area (Å²) in [7, 11) is 1.32. The predicted molar refractivity (Wildman–Crippen MR) is 125 cm³/mol. The van der Waals surface area contributed by atoms with Crippen LogP contribution < -0.4 is 14.5 Å². The van der Waals surface area contributed by atoms with Crippen molar-refractivity contribution in [1.29, 1.82) is 0 Å². The Labute approximate surface area is 186 Å². The third kappa shape index (κ3) is 4.59. The number of fused-ring (bicyclic) bond motifs is 1. The lowest BCUT2D eigenvalue weighted by Crippen LogP contribution is -2.47. The molecule has 4 rings (SSSR count). The summed E-state index contributed by atoms with van der Waals surface area (Å²) in [6, 6.07) is 16.6. The zero-order valence-electron chi connectivity index (χ0n) is 17.2. The monoisotopic (exact) mass is 436 g/mol. The molecule has 1 aromatic heterocycles. The third-order valence-electron chi connectivity index (χ3n) is 5.48. The summed E-state index contributed by atoms with van der Waals surface area (Å²) in [5.41, 5.74) is 0.865. The minimum absolute atomic E-state index is 0.0390. The lowest BCUT2D eigenvalue weighted by molar-refractivity contribution is 0.0600. The zero-order valence-corrected chi connectivity index (χ0v) is 18.1. The van der Waals surface area contributed by atoms with Gasteiger partial charge in [0.15, 0.2) is 0 Å². The lowest BCUT2D eigenvalue weighted by Gasteiger charge is -2.34. The van der Waals surface area contributed by atoms with Gasteiger partial charge in [0.05, 0.1) is 18.4 Å². The molecular formula is C23H24N4O3S. The second kappa shape index (κ2) is 9.26. The van der Waals surface area contributed by atoms with Crippen molar-refractivity contribution in [2.45, 2.75) is 18.9 Å². The number of nitrogens with one attached hydrogen (secondary N) is 1. The largest absolute Gasteiger partial charge is 0.465 e. The van der Waals surface area contributed by atoms with E-state index in [0.29, 0.717) is 11.3 Å². The topological polar surface area (TPSA) is 74.8 Å².